The minimum absolute atomic E-state index is 0.201. The van der Waals surface area contributed by atoms with Gasteiger partial charge in [0, 0.05) is 0 Å². The van der Waals surface area contributed by atoms with Crippen molar-refractivity contribution in [1.29, 1.82) is 0 Å². The molecule has 0 aliphatic carbocycles. The average molecular weight is 266 g/mol. The summed E-state index contributed by atoms with van der Waals surface area (Å²) in [5, 5.41) is 6.80. The van der Waals surface area contributed by atoms with Crippen LogP contribution >= 0.6 is 0 Å². The summed E-state index contributed by atoms with van der Waals surface area (Å²) in [6.45, 7) is 4.20. The van der Waals surface area contributed by atoms with Crippen molar-refractivity contribution in [2.24, 2.45) is 5.92 Å². The van der Waals surface area contributed by atoms with Gasteiger partial charge in [-0.25, -0.2) is 4.39 Å². The highest BCUT2D eigenvalue weighted by Gasteiger charge is 2.13. The summed E-state index contributed by atoms with van der Waals surface area (Å²) in [6.07, 6.45) is 3.30. The Kier molecular flexibility index (Phi) is 5.61. The van der Waals surface area contributed by atoms with Gasteiger partial charge in [-0.15, -0.1) is 0 Å². The van der Waals surface area contributed by atoms with Crippen molar-refractivity contribution in [3.05, 3.63) is 29.6 Å². The third-order valence-electron chi connectivity index (χ3n) is 3.71. The van der Waals surface area contributed by atoms with E-state index in [9.17, 15) is 4.39 Å². The quantitative estimate of drug-likeness (QED) is 0.740. The van der Waals surface area contributed by atoms with E-state index < -0.39 is 0 Å². The van der Waals surface area contributed by atoms with Gasteiger partial charge >= 0.3 is 0 Å². The van der Waals surface area contributed by atoms with Crippen LogP contribution in [0, 0.1) is 11.7 Å². The summed E-state index contributed by atoms with van der Waals surface area (Å²) in [7, 11) is 1.62. The van der Waals surface area contributed by atoms with Crippen LogP contribution in [0.1, 0.15) is 18.4 Å². The molecule has 0 amide bonds. The largest absolute Gasteiger partial charge is 0.496 e. The Morgan fingerprint density at radius 3 is 3.05 bits per heavy atom. The Bertz CT molecular complexity index is 392. The first kappa shape index (κ1) is 14.3. The maximum Gasteiger partial charge on any atom is 0.123 e. The van der Waals surface area contributed by atoms with E-state index in [4.69, 9.17) is 4.74 Å². The smallest absolute Gasteiger partial charge is 0.123 e. The molecular formula is C15H23FN2O. The molecule has 2 rings (SSSR count). The zero-order valence-electron chi connectivity index (χ0n) is 11.5. The van der Waals surface area contributed by atoms with Crippen LogP contribution in [0.3, 0.4) is 0 Å². The molecule has 0 saturated carbocycles. The number of nitrogens with one attached hydrogen (secondary N) is 2. The van der Waals surface area contributed by atoms with E-state index in [1.165, 1.54) is 18.9 Å². The van der Waals surface area contributed by atoms with Gasteiger partial charge in [0.25, 0.3) is 0 Å². The molecule has 0 spiro atoms. The maximum absolute atomic E-state index is 13.2. The molecule has 1 aliphatic rings. The fourth-order valence-electron chi connectivity index (χ4n) is 2.56. The van der Waals surface area contributed by atoms with Crippen molar-refractivity contribution in [2.45, 2.75) is 19.3 Å². The van der Waals surface area contributed by atoms with Gasteiger partial charge in [-0.1, -0.05) is 0 Å². The summed E-state index contributed by atoms with van der Waals surface area (Å²) in [5.41, 5.74) is 0.928. The lowest BCUT2D eigenvalue weighted by Crippen LogP contribution is -2.21. The predicted octanol–water partition coefficient (Wildman–Crippen LogP) is 1.97. The summed E-state index contributed by atoms with van der Waals surface area (Å²) in [6, 6.07) is 4.68. The molecule has 0 aromatic heterocycles. The van der Waals surface area contributed by atoms with Gasteiger partial charge in [0.05, 0.1) is 7.11 Å². The minimum atomic E-state index is -0.201. The van der Waals surface area contributed by atoms with E-state index in [2.05, 4.69) is 10.6 Å². The normalized spacial score (nSPS) is 18.7. The van der Waals surface area contributed by atoms with Gasteiger partial charge in [0.15, 0.2) is 0 Å². The van der Waals surface area contributed by atoms with Crippen LogP contribution in [0.2, 0.25) is 0 Å². The zero-order valence-corrected chi connectivity index (χ0v) is 11.5. The maximum atomic E-state index is 13.2. The first-order valence-corrected chi connectivity index (χ1v) is 7.03. The van der Waals surface area contributed by atoms with Gasteiger partial charge in [0.2, 0.25) is 0 Å². The molecule has 1 fully saturated rings. The van der Waals surface area contributed by atoms with E-state index in [0.717, 1.165) is 49.8 Å². The van der Waals surface area contributed by atoms with Crippen molar-refractivity contribution in [2.75, 3.05) is 33.3 Å². The number of halogens is 1. The molecule has 0 bridgehead atoms. The molecule has 1 atom stereocenters. The summed E-state index contributed by atoms with van der Waals surface area (Å²) in [5.74, 6) is 1.38. The topological polar surface area (TPSA) is 33.3 Å². The number of hydrogen-bond acceptors (Lipinski definition) is 3. The lowest BCUT2D eigenvalue weighted by atomic mass is 10.1. The van der Waals surface area contributed by atoms with Gasteiger partial charge in [-0.05, 0) is 75.1 Å². The highest BCUT2D eigenvalue weighted by atomic mass is 19.1. The van der Waals surface area contributed by atoms with Crippen LogP contribution in [0.15, 0.2) is 18.2 Å². The molecule has 1 saturated heterocycles. The lowest BCUT2D eigenvalue weighted by molar-refractivity contribution is 0.407. The molecule has 19 heavy (non-hydrogen) atoms. The molecule has 0 radical (unpaired) electrons. The van der Waals surface area contributed by atoms with E-state index in [1.807, 2.05) is 0 Å². The fourth-order valence-corrected chi connectivity index (χ4v) is 2.56. The van der Waals surface area contributed by atoms with Crippen molar-refractivity contribution in [3.8, 4) is 5.75 Å². The Labute approximate surface area is 114 Å². The van der Waals surface area contributed by atoms with Crippen LogP contribution < -0.4 is 15.4 Å². The first-order valence-electron chi connectivity index (χ1n) is 7.03. The Balaban J connectivity index is 1.68. The van der Waals surface area contributed by atoms with Gasteiger partial charge in [-0.3, -0.25) is 0 Å². The van der Waals surface area contributed by atoms with Crippen LogP contribution in [0.25, 0.3) is 0 Å². The third-order valence-corrected chi connectivity index (χ3v) is 3.71. The van der Waals surface area contributed by atoms with E-state index in [0.29, 0.717) is 0 Å². The Morgan fingerprint density at radius 1 is 1.42 bits per heavy atom. The lowest BCUT2D eigenvalue weighted by Gasteiger charge is -2.11. The Hall–Kier alpha value is -1.13. The number of rotatable bonds is 7. The molecule has 1 aliphatic heterocycles. The number of hydrogen-bond donors (Lipinski definition) is 2. The molecule has 2 N–H and O–H groups in total. The molecule has 1 unspecified atom stereocenters. The van der Waals surface area contributed by atoms with Crippen molar-refractivity contribution in [1.82, 2.24) is 10.6 Å². The molecule has 1 aromatic carbocycles. The second-order valence-corrected chi connectivity index (χ2v) is 5.10. The molecule has 3 nitrogen and oxygen atoms in total. The number of ether oxygens (including phenoxy) is 1. The molecular weight excluding hydrogens is 243 g/mol. The van der Waals surface area contributed by atoms with Gasteiger partial charge in [-0.2, -0.15) is 0 Å². The molecule has 4 heteroatoms. The van der Waals surface area contributed by atoms with E-state index >= 15 is 0 Å². The van der Waals surface area contributed by atoms with E-state index in [-0.39, 0.29) is 5.82 Å². The van der Waals surface area contributed by atoms with Crippen LogP contribution in [-0.4, -0.2) is 33.3 Å². The standard InChI is InChI=1S/C15H23FN2O/c1-19-15-3-2-14(16)10-13(15)6-9-17-7-4-12-5-8-18-11-12/h2-3,10,12,17-18H,4-9,11H2,1H3. The summed E-state index contributed by atoms with van der Waals surface area (Å²) >= 11 is 0. The molecule has 1 aromatic rings. The van der Waals surface area contributed by atoms with Crippen LogP contribution in [0.4, 0.5) is 4.39 Å². The fraction of sp³-hybridized carbons (Fsp3) is 0.600. The Morgan fingerprint density at radius 2 is 2.32 bits per heavy atom. The monoisotopic (exact) mass is 266 g/mol. The molecule has 1 heterocycles. The first-order chi connectivity index (χ1) is 9.29. The van der Waals surface area contributed by atoms with Crippen LogP contribution in [0.5, 0.6) is 5.75 Å². The van der Waals surface area contributed by atoms with Crippen molar-refractivity contribution >= 4 is 0 Å². The second kappa shape index (κ2) is 7.46. The highest BCUT2D eigenvalue weighted by molar-refractivity contribution is 5.34. The number of methoxy groups -OCH3 is 1. The van der Waals surface area contributed by atoms with Crippen LogP contribution in [-0.2, 0) is 6.42 Å². The van der Waals surface area contributed by atoms with Crippen molar-refractivity contribution in [3.63, 3.8) is 0 Å². The minimum Gasteiger partial charge on any atom is -0.496 e. The van der Waals surface area contributed by atoms with E-state index in [1.54, 1.807) is 19.2 Å². The highest BCUT2D eigenvalue weighted by Crippen LogP contribution is 2.19. The number of benzene rings is 1. The second-order valence-electron chi connectivity index (χ2n) is 5.10. The van der Waals surface area contributed by atoms with Gasteiger partial charge < -0.3 is 15.4 Å². The summed E-state index contributed by atoms with van der Waals surface area (Å²) < 4.78 is 18.4. The van der Waals surface area contributed by atoms with Crippen molar-refractivity contribution < 1.29 is 9.13 Å². The summed E-state index contributed by atoms with van der Waals surface area (Å²) in [4.78, 5) is 0. The predicted molar refractivity (Wildman–Crippen MR) is 75.1 cm³/mol. The SMILES string of the molecule is COc1ccc(F)cc1CCNCCC1CCNC1. The molecule has 106 valence electrons. The average Bonchev–Trinajstić information content (AvgIpc) is 2.92. The van der Waals surface area contributed by atoms with Gasteiger partial charge in [0.1, 0.15) is 11.6 Å². The zero-order chi connectivity index (χ0) is 13.5. The third kappa shape index (κ3) is 4.48.